The number of rotatable bonds is 8. The highest BCUT2D eigenvalue weighted by atomic mass is 35.5. The fourth-order valence-electron chi connectivity index (χ4n) is 4.59. The number of aliphatic hydroxyl groups excluding tert-OH is 2. The number of guanidine groups is 1. The van der Waals surface area contributed by atoms with Gasteiger partial charge in [-0.05, 0) is 45.0 Å². The average molecular weight is 560 g/mol. The number of carbonyl (C=O) groups excluding carboxylic acids is 1. The number of aliphatic hydroxyl groups is 2. The molecule has 2 aromatic rings. The summed E-state index contributed by atoms with van der Waals surface area (Å²) in [5.41, 5.74) is 3.28. The Hall–Kier alpha value is -2.60. The maximum absolute atomic E-state index is 12.8. The van der Waals surface area contributed by atoms with Crippen LogP contribution in [0.1, 0.15) is 58.5 Å². The molecule has 3 heterocycles. The number of allylic oxidation sites excluding steroid dienone is 1. The van der Waals surface area contributed by atoms with Crippen molar-refractivity contribution in [2.75, 3.05) is 26.4 Å². The Morgan fingerprint density at radius 1 is 1.34 bits per heavy atom. The fraction of sp³-hybridized carbons (Fsp3) is 0.444. The zero-order valence-corrected chi connectivity index (χ0v) is 23.2. The molecule has 0 aliphatic carbocycles. The van der Waals surface area contributed by atoms with Gasteiger partial charge in [0.25, 0.3) is 0 Å². The van der Waals surface area contributed by atoms with Crippen LogP contribution in [0.3, 0.4) is 0 Å². The summed E-state index contributed by atoms with van der Waals surface area (Å²) < 4.78 is 5.40. The number of amides is 1. The zero-order chi connectivity index (χ0) is 27.2. The molecule has 0 radical (unpaired) electrons. The highest BCUT2D eigenvalue weighted by molar-refractivity contribution is 7.13. The van der Waals surface area contributed by atoms with Crippen LogP contribution in [0.25, 0.3) is 5.70 Å². The van der Waals surface area contributed by atoms with Gasteiger partial charge in [-0.25, -0.2) is 9.98 Å². The molecule has 0 spiro atoms. The van der Waals surface area contributed by atoms with E-state index in [1.165, 1.54) is 11.3 Å². The van der Waals surface area contributed by atoms with Crippen molar-refractivity contribution in [1.29, 1.82) is 0 Å². The second kappa shape index (κ2) is 13.0. The Morgan fingerprint density at radius 3 is 2.74 bits per heavy atom. The first kappa shape index (κ1) is 28.4. The minimum Gasteiger partial charge on any atom is -0.394 e. The number of hydrogen-bond acceptors (Lipinski definition) is 7. The average Bonchev–Trinajstić information content (AvgIpc) is 3.44. The van der Waals surface area contributed by atoms with E-state index in [0.717, 1.165) is 39.3 Å². The van der Waals surface area contributed by atoms with Crippen LogP contribution in [0.15, 0.2) is 45.3 Å². The number of fused-ring (bicyclic) bond motifs is 1. The van der Waals surface area contributed by atoms with Gasteiger partial charge in [0, 0.05) is 35.2 Å². The van der Waals surface area contributed by atoms with Crippen LogP contribution < -0.4 is 10.6 Å². The second-order valence-corrected chi connectivity index (χ2v) is 11.2. The lowest BCUT2D eigenvalue weighted by molar-refractivity contribution is -0.126. The topological polar surface area (TPSA) is 119 Å². The summed E-state index contributed by atoms with van der Waals surface area (Å²) in [5, 5.41) is 27.4. The Labute approximate surface area is 231 Å². The van der Waals surface area contributed by atoms with Crippen molar-refractivity contribution < 1.29 is 19.7 Å². The standard InChI is InChI=1S/C27H34ClN5O4S/c1-16-5-4-6-18(11-16)21(15-34)31-24(35)14-33-13-23-20(26(33)36)12-22(38-23)25(17(2)28)32-27(29-3)30-19-7-9-37-10-8-19/h4-6,11-12,19,21,26,34,36H,3,7-10,13-15H2,1-2H3,(H,30,32)(H,31,35)/b25-17+/t21-,26?/m1/s1. The molecule has 1 amide bonds. The SMILES string of the molecule is C=NC(=NC1CCOCC1)N/C(=C(\C)Cl)c1cc2c(s1)CN(CC(=O)N[C@H](CO)c1cccc(C)c1)C2O. The maximum Gasteiger partial charge on any atom is 0.234 e. The number of carbonyl (C=O) groups is 1. The summed E-state index contributed by atoms with van der Waals surface area (Å²) >= 11 is 7.93. The summed E-state index contributed by atoms with van der Waals surface area (Å²) in [6.07, 6.45) is 0.719. The number of nitrogens with zero attached hydrogens (tertiary/aromatic N) is 3. The summed E-state index contributed by atoms with van der Waals surface area (Å²) in [4.78, 5) is 25.0. The molecule has 4 N–H and O–H groups in total. The van der Waals surface area contributed by atoms with Gasteiger partial charge in [0.15, 0.2) is 0 Å². The number of halogens is 1. The van der Waals surface area contributed by atoms with Gasteiger partial charge in [-0.1, -0.05) is 41.4 Å². The van der Waals surface area contributed by atoms with Crippen LogP contribution in [0.4, 0.5) is 0 Å². The monoisotopic (exact) mass is 559 g/mol. The number of aliphatic imine (C=N–C) groups is 2. The molecule has 1 fully saturated rings. The van der Waals surface area contributed by atoms with Gasteiger partial charge in [0.1, 0.15) is 6.23 Å². The van der Waals surface area contributed by atoms with E-state index in [1.54, 1.807) is 11.8 Å². The molecule has 2 aliphatic rings. The van der Waals surface area contributed by atoms with Crippen LogP contribution in [-0.2, 0) is 16.1 Å². The Morgan fingerprint density at radius 2 is 2.11 bits per heavy atom. The molecular weight excluding hydrogens is 526 g/mol. The fourth-order valence-corrected chi connectivity index (χ4v) is 6.07. The lowest BCUT2D eigenvalue weighted by Crippen LogP contribution is -2.39. The van der Waals surface area contributed by atoms with Crippen LogP contribution in [0, 0.1) is 6.92 Å². The molecule has 0 saturated carbocycles. The molecule has 1 aromatic carbocycles. The molecule has 1 saturated heterocycles. The summed E-state index contributed by atoms with van der Waals surface area (Å²) in [7, 11) is 0. The molecule has 1 aromatic heterocycles. The van der Waals surface area contributed by atoms with Crippen LogP contribution in [-0.4, -0.2) is 66.1 Å². The van der Waals surface area contributed by atoms with Gasteiger partial charge in [-0.3, -0.25) is 9.69 Å². The summed E-state index contributed by atoms with van der Waals surface area (Å²) in [6, 6.07) is 9.15. The van der Waals surface area contributed by atoms with Crippen molar-refractivity contribution in [1.82, 2.24) is 15.5 Å². The normalized spacial score (nSPS) is 20.0. The molecule has 2 atom stereocenters. The largest absolute Gasteiger partial charge is 0.394 e. The van der Waals surface area contributed by atoms with Crippen molar-refractivity contribution in [2.24, 2.45) is 9.98 Å². The number of hydrogen-bond donors (Lipinski definition) is 4. The van der Waals surface area contributed by atoms with Crippen molar-refractivity contribution in [3.8, 4) is 0 Å². The molecule has 11 heteroatoms. The predicted molar refractivity (Wildman–Crippen MR) is 151 cm³/mol. The second-order valence-electron chi connectivity index (χ2n) is 9.47. The molecule has 0 bridgehead atoms. The molecular formula is C27H34ClN5O4S. The van der Waals surface area contributed by atoms with E-state index in [2.05, 4.69) is 27.3 Å². The molecule has 4 rings (SSSR count). The first-order valence-electron chi connectivity index (χ1n) is 12.6. The van der Waals surface area contributed by atoms with E-state index in [1.807, 2.05) is 37.3 Å². The van der Waals surface area contributed by atoms with Crippen LogP contribution in [0.2, 0.25) is 0 Å². The van der Waals surface area contributed by atoms with Gasteiger partial charge in [-0.2, -0.15) is 0 Å². The molecule has 204 valence electrons. The van der Waals surface area contributed by atoms with Crippen molar-refractivity contribution in [2.45, 2.75) is 51.5 Å². The minimum atomic E-state index is -0.933. The lowest BCUT2D eigenvalue weighted by atomic mass is 10.1. The molecule has 2 aliphatic heterocycles. The third kappa shape index (κ3) is 6.88. The van der Waals surface area contributed by atoms with Gasteiger partial charge in [0.2, 0.25) is 11.9 Å². The third-order valence-electron chi connectivity index (χ3n) is 6.59. The maximum atomic E-state index is 12.8. The van der Waals surface area contributed by atoms with E-state index >= 15 is 0 Å². The Bertz CT molecular complexity index is 1220. The minimum absolute atomic E-state index is 0.00200. The predicted octanol–water partition coefficient (Wildman–Crippen LogP) is 3.47. The van der Waals surface area contributed by atoms with E-state index in [4.69, 9.17) is 16.3 Å². The van der Waals surface area contributed by atoms with Gasteiger partial charge in [-0.15, -0.1) is 11.3 Å². The first-order chi connectivity index (χ1) is 18.3. The lowest BCUT2D eigenvalue weighted by Gasteiger charge is -2.23. The molecule has 38 heavy (non-hydrogen) atoms. The summed E-state index contributed by atoms with van der Waals surface area (Å²) in [6.45, 7) is 8.93. The summed E-state index contributed by atoms with van der Waals surface area (Å²) in [5.74, 6) is 0.121. The van der Waals surface area contributed by atoms with Crippen LogP contribution >= 0.6 is 22.9 Å². The van der Waals surface area contributed by atoms with Gasteiger partial charge >= 0.3 is 0 Å². The van der Waals surface area contributed by atoms with Crippen molar-refractivity contribution in [3.63, 3.8) is 0 Å². The molecule has 1 unspecified atom stereocenters. The highest BCUT2D eigenvalue weighted by Gasteiger charge is 2.33. The van der Waals surface area contributed by atoms with Crippen molar-refractivity contribution >= 4 is 47.2 Å². The quantitative estimate of drug-likeness (QED) is 0.290. The van der Waals surface area contributed by atoms with E-state index < -0.39 is 12.3 Å². The number of nitrogens with one attached hydrogen (secondary N) is 2. The van der Waals surface area contributed by atoms with Crippen LogP contribution in [0.5, 0.6) is 0 Å². The highest BCUT2D eigenvalue weighted by Crippen LogP contribution is 2.40. The van der Waals surface area contributed by atoms with E-state index in [0.29, 0.717) is 36.4 Å². The third-order valence-corrected chi connectivity index (χ3v) is 7.94. The van der Waals surface area contributed by atoms with E-state index in [-0.39, 0.29) is 25.1 Å². The number of ether oxygens (including phenoxy) is 1. The van der Waals surface area contributed by atoms with Crippen molar-refractivity contribution in [3.05, 3.63) is 61.8 Å². The number of benzene rings is 1. The Balaban J connectivity index is 1.41. The van der Waals surface area contributed by atoms with E-state index in [9.17, 15) is 15.0 Å². The van der Waals surface area contributed by atoms with Gasteiger partial charge < -0.3 is 25.6 Å². The Kier molecular flexibility index (Phi) is 9.69. The smallest absolute Gasteiger partial charge is 0.234 e. The number of aryl methyl sites for hydroxylation is 1. The van der Waals surface area contributed by atoms with Gasteiger partial charge in [0.05, 0.1) is 35.8 Å². The number of thiophene rings is 1. The zero-order valence-electron chi connectivity index (χ0n) is 21.6. The first-order valence-corrected chi connectivity index (χ1v) is 13.8. The molecule has 9 nitrogen and oxygen atoms in total.